The van der Waals surface area contributed by atoms with E-state index in [4.69, 9.17) is 4.74 Å². The van der Waals surface area contributed by atoms with Gasteiger partial charge in [0.25, 0.3) is 0 Å². The molecule has 5 heteroatoms. The number of nitrogens with one attached hydrogen (secondary N) is 1. The van der Waals surface area contributed by atoms with Crippen LogP contribution in [0.15, 0.2) is 29.1 Å². The van der Waals surface area contributed by atoms with Crippen molar-refractivity contribution in [2.75, 3.05) is 7.11 Å². The first-order valence-electron chi connectivity index (χ1n) is 6.39. The first-order valence-corrected chi connectivity index (χ1v) is 6.39. The van der Waals surface area contributed by atoms with Crippen molar-refractivity contribution in [2.45, 2.75) is 32.9 Å². The molecule has 0 aliphatic rings. The van der Waals surface area contributed by atoms with E-state index in [1.807, 2.05) is 38.1 Å². The molecular formula is C14H19N3O2. The largest absolute Gasteiger partial charge is 0.373 e. The number of aromatic nitrogens is 3. The number of aromatic amines is 1. The molecule has 0 aliphatic carbocycles. The predicted molar refractivity (Wildman–Crippen MR) is 73.2 cm³/mol. The topological polar surface area (TPSA) is 59.9 Å². The molecule has 2 aromatic rings. The molecule has 19 heavy (non-hydrogen) atoms. The number of hydrogen-bond donors (Lipinski definition) is 1. The molecular weight excluding hydrogens is 242 g/mol. The average Bonchev–Trinajstić information content (AvgIpc) is 2.76. The van der Waals surface area contributed by atoms with Crippen LogP contribution in [0.25, 0.3) is 0 Å². The molecule has 102 valence electrons. The Hall–Kier alpha value is -1.88. The minimum atomic E-state index is -0.200. The number of rotatable bonds is 5. The minimum Gasteiger partial charge on any atom is -0.373 e. The van der Waals surface area contributed by atoms with Gasteiger partial charge in [-0.2, -0.15) is 5.10 Å². The third kappa shape index (κ3) is 2.76. The molecule has 1 aromatic carbocycles. The fraction of sp³-hybridized carbons (Fsp3) is 0.429. The zero-order valence-electron chi connectivity index (χ0n) is 11.5. The van der Waals surface area contributed by atoms with Gasteiger partial charge in [-0.3, -0.25) is 4.57 Å². The fourth-order valence-electron chi connectivity index (χ4n) is 2.14. The van der Waals surface area contributed by atoms with E-state index in [9.17, 15) is 4.79 Å². The zero-order valence-corrected chi connectivity index (χ0v) is 11.5. The van der Waals surface area contributed by atoms with E-state index in [0.717, 1.165) is 17.5 Å². The normalized spacial score (nSPS) is 12.6. The summed E-state index contributed by atoms with van der Waals surface area (Å²) in [4.78, 5) is 11.9. The highest BCUT2D eigenvalue weighted by atomic mass is 16.5. The number of methoxy groups -OCH3 is 1. The quantitative estimate of drug-likeness (QED) is 0.895. The fourth-order valence-corrected chi connectivity index (χ4v) is 2.14. The molecule has 0 unspecified atom stereocenters. The van der Waals surface area contributed by atoms with Crippen LogP contribution in [0.4, 0.5) is 0 Å². The van der Waals surface area contributed by atoms with Crippen molar-refractivity contribution in [2.24, 2.45) is 0 Å². The van der Waals surface area contributed by atoms with E-state index in [-0.39, 0.29) is 11.8 Å². The van der Waals surface area contributed by atoms with Crippen LogP contribution in [0.2, 0.25) is 0 Å². The maximum Gasteiger partial charge on any atom is 0.343 e. The van der Waals surface area contributed by atoms with Gasteiger partial charge in [0.05, 0.1) is 6.54 Å². The molecule has 0 aliphatic heterocycles. The summed E-state index contributed by atoms with van der Waals surface area (Å²) in [5, 5.41) is 6.59. The third-order valence-electron chi connectivity index (χ3n) is 3.32. The Morgan fingerprint density at radius 1 is 1.42 bits per heavy atom. The maximum atomic E-state index is 11.9. The van der Waals surface area contributed by atoms with Crippen LogP contribution in [0.3, 0.4) is 0 Å². The summed E-state index contributed by atoms with van der Waals surface area (Å²) in [6.45, 7) is 4.55. The van der Waals surface area contributed by atoms with E-state index in [0.29, 0.717) is 12.4 Å². The lowest BCUT2D eigenvalue weighted by Gasteiger charge is -2.14. The molecule has 0 amide bonds. The third-order valence-corrected chi connectivity index (χ3v) is 3.32. The van der Waals surface area contributed by atoms with Gasteiger partial charge in [0, 0.05) is 7.11 Å². The van der Waals surface area contributed by atoms with Crippen LogP contribution in [-0.4, -0.2) is 21.9 Å². The number of hydrogen-bond acceptors (Lipinski definition) is 3. The Labute approximate surface area is 112 Å². The van der Waals surface area contributed by atoms with Crippen LogP contribution >= 0.6 is 0 Å². The summed E-state index contributed by atoms with van der Waals surface area (Å²) >= 11 is 0. The summed E-state index contributed by atoms with van der Waals surface area (Å²) in [6.07, 6.45) is 0.608. The second-order valence-corrected chi connectivity index (χ2v) is 4.53. The van der Waals surface area contributed by atoms with Gasteiger partial charge in [-0.15, -0.1) is 0 Å². The highest BCUT2D eigenvalue weighted by Crippen LogP contribution is 2.18. The van der Waals surface area contributed by atoms with E-state index in [2.05, 4.69) is 10.2 Å². The highest BCUT2D eigenvalue weighted by molar-refractivity contribution is 5.26. The SMILES string of the molecule is CC[C@H](OC)c1n[nH]c(=O)n1Cc1ccccc1C. The van der Waals surface area contributed by atoms with Crippen LogP contribution in [0.5, 0.6) is 0 Å². The van der Waals surface area contributed by atoms with Gasteiger partial charge in [0.1, 0.15) is 6.10 Å². The molecule has 1 atom stereocenters. The Morgan fingerprint density at radius 2 is 2.16 bits per heavy atom. The smallest absolute Gasteiger partial charge is 0.343 e. The van der Waals surface area contributed by atoms with Gasteiger partial charge >= 0.3 is 5.69 Å². The predicted octanol–water partition coefficient (Wildman–Crippen LogP) is 2.03. The molecule has 1 aromatic heterocycles. The van der Waals surface area contributed by atoms with Gasteiger partial charge in [-0.25, -0.2) is 9.89 Å². The second-order valence-electron chi connectivity index (χ2n) is 4.53. The van der Waals surface area contributed by atoms with Crippen LogP contribution < -0.4 is 5.69 Å². The van der Waals surface area contributed by atoms with Gasteiger partial charge < -0.3 is 4.74 Å². The summed E-state index contributed by atoms with van der Waals surface area (Å²) < 4.78 is 7.00. The molecule has 5 nitrogen and oxygen atoms in total. The second kappa shape index (κ2) is 5.84. The Morgan fingerprint density at radius 3 is 2.79 bits per heavy atom. The Bertz CT molecular complexity index is 597. The van der Waals surface area contributed by atoms with E-state index < -0.39 is 0 Å². The van der Waals surface area contributed by atoms with Crippen molar-refractivity contribution in [3.63, 3.8) is 0 Å². The van der Waals surface area contributed by atoms with Gasteiger partial charge in [-0.05, 0) is 24.5 Å². The average molecular weight is 261 g/mol. The van der Waals surface area contributed by atoms with Crippen LogP contribution in [0, 0.1) is 6.92 Å². The van der Waals surface area contributed by atoms with Crippen LogP contribution in [-0.2, 0) is 11.3 Å². The number of benzene rings is 1. The summed E-state index contributed by atoms with van der Waals surface area (Å²) in [5.41, 5.74) is 2.07. The van der Waals surface area contributed by atoms with Crippen molar-refractivity contribution >= 4 is 0 Å². The zero-order chi connectivity index (χ0) is 13.8. The maximum absolute atomic E-state index is 11.9. The van der Waals surface area contributed by atoms with Gasteiger partial charge in [-0.1, -0.05) is 31.2 Å². The van der Waals surface area contributed by atoms with Crippen molar-refractivity contribution in [3.8, 4) is 0 Å². The van der Waals surface area contributed by atoms with Gasteiger partial charge in [0.15, 0.2) is 5.82 Å². The Balaban J connectivity index is 2.38. The number of nitrogens with zero attached hydrogens (tertiary/aromatic N) is 2. The van der Waals surface area contributed by atoms with Crippen LogP contribution in [0.1, 0.15) is 36.4 Å². The van der Waals surface area contributed by atoms with E-state index in [1.54, 1.807) is 11.7 Å². The molecule has 0 saturated heterocycles. The summed E-state index contributed by atoms with van der Waals surface area (Å²) in [7, 11) is 1.63. The molecule has 2 rings (SSSR count). The Kier molecular flexibility index (Phi) is 4.16. The lowest BCUT2D eigenvalue weighted by Crippen LogP contribution is -2.22. The first kappa shape index (κ1) is 13.5. The monoisotopic (exact) mass is 261 g/mol. The molecule has 0 saturated carbocycles. The van der Waals surface area contributed by atoms with E-state index >= 15 is 0 Å². The molecule has 1 heterocycles. The first-order chi connectivity index (χ1) is 9.17. The lowest BCUT2D eigenvalue weighted by molar-refractivity contribution is 0.0893. The van der Waals surface area contributed by atoms with Crippen molar-refractivity contribution < 1.29 is 4.74 Å². The summed E-state index contributed by atoms with van der Waals surface area (Å²) in [6, 6.07) is 8.02. The molecule has 0 bridgehead atoms. The molecule has 0 radical (unpaired) electrons. The van der Waals surface area contributed by atoms with Crippen molar-refractivity contribution in [1.29, 1.82) is 0 Å². The van der Waals surface area contributed by atoms with Gasteiger partial charge in [0.2, 0.25) is 0 Å². The number of H-pyrrole nitrogens is 1. The molecule has 1 N–H and O–H groups in total. The summed E-state index contributed by atoms with van der Waals surface area (Å²) in [5.74, 6) is 0.651. The lowest BCUT2D eigenvalue weighted by atomic mass is 10.1. The van der Waals surface area contributed by atoms with Crippen molar-refractivity contribution in [1.82, 2.24) is 14.8 Å². The molecule has 0 fully saturated rings. The number of ether oxygens (including phenoxy) is 1. The number of aryl methyl sites for hydroxylation is 1. The van der Waals surface area contributed by atoms with Crippen molar-refractivity contribution in [3.05, 3.63) is 51.7 Å². The molecule has 0 spiro atoms. The van der Waals surface area contributed by atoms with E-state index in [1.165, 1.54) is 0 Å². The minimum absolute atomic E-state index is 0.164. The highest BCUT2D eigenvalue weighted by Gasteiger charge is 2.18. The standard InChI is InChI=1S/C14H19N3O2/c1-4-12(19-3)13-15-16-14(18)17(13)9-11-8-6-5-7-10(11)2/h5-8,12H,4,9H2,1-3H3,(H,16,18)/t12-/m0/s1.